The van der Waals surface area contributed by atoms with Gasteiger partial charge in [0.15, 0.2) is 5.69 Å². The Hall–Kier alpha value is -1.14. The Morgan fingerprint density at radius 1 is 1.30 bits per heavy atom. The minimum atomic E-state index is -0.183. The van der Waals surface area contributed by atoms with E-state index in [-0.39, 0.29) is 5.91 Å². The van der Waals surface area contributed by atoms with Gasteiger partial charge in [-0.15, -0.1) is 0 Å². The first-order chi connectivity index (χ1) is 9.65. The number of hydrogen-bond donors (Lipinski definition) is 1. The fourth-order valence-electron chi connectivity index (χ4n) is 2.35. The Morgan fingerprint density at radius 3 is 2.90 bits per heavy atom. The molecule has 104 valence electrons. The molecule has 2 aromatic rings. The molecule has 3 rings (SSSR count). The molecule has 2 heterocycles. The molecule has 0 saturated heterocycles. The lowest BCUT2D eigenvalue weighted by molar-refractivity contribution is 0.102. The maximum absolute atomic E-state index is 12.3. The minimum Gasteiger partial charge on any atom is -0.321 e. The normalized spacial score (nSPS) is 13.9. The molecule has 0 spiro atoms. The predicted octanol–water partition coefficient (Wildman–Crippen LogP) is 4.00. The number of anilines is 1. The second-order valence-corrected chi connectivity index (χ2v) is 6.46. The van der Waals surface area contributed by atoms with Gasteiger partial charge in [0.05, 0.1) is 10.2 Å². The van der Waals surface area contributed by atoms with Gasteiger partial charge >= 0.3 is 0 Å². The number of hydrogen-bond acceptors (Lipinski definition) is 2. The number of amides is 1. The summed E-state index contributed by atoms with van der Waals surface area (Å²) >= 11 is 6.90. The Labute approximate surface area is 133 Å². The number of nitrogens with zero attached hydrogens (tertiary/aromatic N) is 2. The average Bonchev–Trinajstić information content (AvgIpc) is 2.77. The van der Waals surface area contributed by atoms with Crippen LogP contribution in [0.2, 0.25) is 0 Å². The monoisotopic (exact) mass is 397 g/mol. The van der Waals surface area contributed by atoms with Crippen molar-refractivity contribution in [3.63, 3.8) is 0 Å². The van der Waals surface area contributed by atoms with Crippen molar-refractivity contribution in [3.8, 4) is 0 Å². The quantitative estimate of drug-likeness (QED) is 0.830. The van der Waals surface area contributed by atoms with Crippen molar-refractivity contribution in [2.45, 2.75) is 25.8 Å². The zero-order valence-corrected chi connectivity index (χ0v) is 13.9. The van der Waals surface area contributed by atoms with Crippen LogP contribution in [0.4, 0.5) is 5.69 Å². The lowest BCUT2D eigenvalue weighted by Gasteiger charge is -2.12. The van der Waals surface area contributed by atoms with Crippen LogP contribution in [-0.4, -0.2) is 15.7 Å². The lowest BCUT2D eigenvalue weighted by Crippen LogP contribution is -2.14. The topological polar surface area (TPSA) is 46.9 Å². The summed E-state index contributed by atoms with van der Waals surface area (Å²) < 4.78 is 3.69. The number of rotatable bonds is 2. The fraction of sp³-hybridized carbons (Fsp3) is 0.286. The maximum Gasteiger partial charge on any atom is 0.277 e. The van der Waals surface area contributed by atoms with E-state index in [2.05, 4.69) is 42.3 Å². The Bertz CT molecular complexity index is 666. The van der Waals surface area contributed by atoms with Crippen LogP contribution in [-0.2, 0) is 13.0 Å². The molecule has 1 aliphatic rings. The summed E-state index contributed by atoms with van der Waals surface area (Å²) in [6.45, 7) is 0.887. The smallest absolute Gasteiger partial charge is 0.277 e. The number of carbonyl (C=O) groups is 1. The zero-order valence-electron chi connectivity index (χ0n) is 10.7. The molecule has 0 aliphatic carbocycles. The number of aromatic nitrogens is 2. The first-order valence-corrected chi connectivity index (χ1v) is 8.06. The van der Waals surface area contributed by atoms with Gasteiger partial charge in [-0.05, 0) is 53.4 Å². The Balaban J connectivity index is 1.86. The van der Waals surface area contributed by atoms with E-state index in [9.17, 15) is 4.79 Å². The summed E-state index contributed by atoms with van der Waals surface area (Å²) in [6.07, 6.45) is 3.24. The van der Waals surface area contributed by atoms with E-state index in [1.165, 1.54) is 0 Å². The van der Waals surface area contributed by atoms with Crippen LogP contribution in [0, 0.1) is 0 Å². The summed E-state index contributed by atoms with van der Waals surface area (Å²) in [4.78, 5) is 12.3. The second-order valence-electron chi connectivity index (χ2n) is 4.75. The van der Waals surface area contributed by atoms with E-state index < -0.39 is 0 Å². The van der Waals surface area contributed by atoms with E-state index in [4.69, 9.17) is 0 Å². The molecule has 0 atom stereocenters. The van der Waals surface area contributed by atoms with Crippen molar-refractivity contribution < 1.29 is 4.79 Å². The third-order valence-corrected chi connectivity index (χ3v) is 4.65. The largest absolute Gasteiger partial charge is 0.321 e. The highest BCUT2D eigenvalue weighted by Crippen LogP contribution is 2.27. The highest BCUT2D eigenvalue weighted by Gasteiger charge is 2.22. The Kier molecular flexibility index (Phi) is 3.94. The molecule has 0 fully saturated rings. The van der Waals surface area contributed by atoms with Gasteiger partial charge in [0.25, 0.3) is 5.91 Å². The summed E-state index contributed by atoms with van der Waals surface area (Å²) in [6, 6.07) is 7.52. The van der Waals surface area contributed by atoms with Crippen molar-refractivity contribution in [2.75, 3.05) is 5.32 Å². The Morgan fingerprint density at radius 2 is 2.15 bits per heavy atom. The molecule has 0 unspecified atom stereocenters. The van der Waals surface area contributed by atoms with Crippen LogP contribution in [0.1, 0.15) is 29.0 Å². The predicted molar refractivity (Wildman–Crippen MR) is 85.0 cm³/mol. The molecule has 4 nitrogen and oxygen atoms in total. The highest BCUT2D eigenvalue weighted by molar-refractivity contribution is 9.10. The third-order valence-electron chi connectivity index (χ3n) is 3.32. The molecule has 1 amide bonds. The molecule has 6 heteroatoms. The average molecular weight is 399 g/mol. The minimum absolute atomic E-state index is 0.183. The van der Waals surface area contributed by atoms with Crippen LogP contribution in [0.25, 0.3) is 0 Å². The molecule has 1 aromatic carbocycles. The van der Waals surface area contributed by atoms with Gasteiger partial charge < -0.3 is 5.32 Å². The van der Waals surface area contributed by atoms with Gasteiger partial charge in [0.2, 0.25) is 0 Å². The van der Waals surface area contributed by atoms with E-state index in [1.54, 1.807) is 0 Å². The lowest BCUT2D eigenvalue weighted by atomic mass is 10.1. The van der Waals surface area contributed by atoms with Crippen LogP contribution in [0.5, 0.6) is 0 Å². The molecule has 0 radical (unpaired) electrons. The van der Waals surface area contributed by atoms with Crippen molar-refractivity contribution in [1.29, 1.82) is 0 Å². The molecular formula is C14H13Br2N3O. The molecule has 20 heavy (non-hydrogen) atoms. The number of aryl methyl sites for hydroxylation is 1. The van der Waals surface area contributed by atoms with Crippen molar-refractivity contribution >= 4 is 43.5 Å². The van der Waals surface area contributed by atoms with Gasteiger partial charge in [-0.2, -0.15) is 5.10 Å². The molecule has 0 saturated carbocycles. The fourth-order valence-corrected chi connectivity index (χ4v) is 3.42. The maximum atomic E-state index is 12.3. The molecule has 0 bridgehead atoms. The number of carbonyl (C=O) groups excluding carboxylic acids is 1. The highest BCUT2D eigenvalue weighted by atomic mass is 79.9. The van der Waals surface area contributed by atoms with E-state index in [1.807, 2.05) is 28.9 Å². The number of benzene rings is 1. The first-order valence-electron chi connectivity index (χ1n) is 6.47. The summed E-state index contributed by atoms with van der Waals surface area (Å²) in [5.41, 5.74) is 2.33. The number of halogens is 2. The SMILES string of the molecule is O=C(Nc1cccc(Br)c1)c1nn2c(c1Br)CCCC2. The van der Waals surface area contributed by atoms with E-state index >= 15 is 0 Å². The van der Waals surface area contributed by atoms with Gasteiger partial charge in [0.1, 0.15) is 0 Å². The third kappa shape index (κ3) is 2.67. The van der Waals surface area contributed by atoms with Gasteiger partial charge in [-0.3, -0.25) is 9.48 Å². The summed E-state index contributed by atoms with van der Waals surface area (Å²) in [5, 5.41) is 7.29. The first kappa shape index (κ1) is 13.8. The van der Waals surface area contributed by atoms with Crippen molar-refractivity contribution in [1.82, 2.24) is 9.78 Å². The van der Waals surface area contributed by atoms with Crippen molar-refractivity contribution in [2.24, 2.45) is 0 Å². The van der Waals surface area contributed by atoms with Crippen LogP contribution >= 0.6 is 31.9 Å². The van der Waals surface area contributed by atoms with Crippen molar-refractivity contribution in [3.05, 3.63) is 44.6 Å². The summed E-state index contributed by atoms with van der Waals surface area (Å²) in [7, 11) is 0. The zero-order chi connectivity index (χ0) is 14.1. The van der Waals surface area contributed by atoms with E-state index in [0.717, 1.165) is 46.1 Å². The standard InChI is InChI=1S/C14H13Br2N3O/c15-9-4-3-5-10(8-9)17-14(20)13-12(16)11-6-1-2-7-19(11)18-13/h3-5,8H,1-2,6-7H2,(H,17,20). The van der Waals surface area contributed by atoms with Gasteiger partial charge in [0, 0.05) is 16.7 Å². The van der Waals surface area contributed by atoms with Crippen LogP contribution in [0.3, 0.4) is 0 Å². The number of fused-ring (bicyclic) bond motifs is 1. The molecule has 1 aromatic heterocycles. The van der Waals surface area contributed by atoms with Gasteiger partial charge in [-0.25, -0.2) is 0 Å². The van der Waals surface area contributed by atoms with Gasteiger partial charge in [-0.1, -0.05) is 22.0 Å². The molecule has 1 aliphatic heterocycles. The van der Waals surface area contributed by atoms with E-state index in [0.29, 0.717) is 5.69 Å². The molecule has 1 N–H and O–H groups in total. The number of nitrogens with one attached hydrogen (secondary N) is 1. The van der Waals surface area contributed by atoms with Crippen LogP contribution in [0.15, 0.2) is 33.2 Å². The van der Waals surface area contributed by atoms with Crippen LogP contribution < -0.4 is 5.32 Å². The molecular weight excluding hydrogens is 386 g/mol. The second kappa shape index (κ2) is 5.69. The summed E-state index contributed by atoms with van der Waals surface area (Å²) in [5.74, 6) is -0.183.